The van der Waals surface area contributed by atoms with Crippen LogP contribution in [0.5, 0.6) is 0 Å². The Balaban J connectivity index is 1.93. The van der Waals surface area contributed by atoms with E-state index in [0.717, 1.165) is 37.1 Å². The lowest BCUT2D eigenvalue weighted by atomic mass is 10.1. The zero-order valence-electron chi connectivity index (χ0n) is 14.4. The molecule has 1 unspecified atom stereocenters. The number of hydrogen-bond donors (Lipinski definition) is 1. The Bertz CT molecular complexity index is 557. The number of aromatic nitrogens is 1. The van der Waals surface area contributed by atoms with Crippen molar-refractivity contribution in [3.05, 3.63) is 23.0 Å². The van der Waals surface area contributed by atoms with Crippen LogP contribution in [0.1, 0.15) is 45.6 Å². The van der Waals surface area contributed by atoms with Crippen molar-refractivity contribution < 1.29 is 9.53 Å². The molecule has 1 amide bonds. The van der Waals surface area contributed by atoms with Crippen molar-refractivity contribution in [3.63, 3.8) is 0 Å². The summed E-state index contributed by atoms with van der Waals surface area (Å²) in [6.07, 6.45) is 4.32. The predicted molar refractivity (Wildman–Crippen MR) is 93.1 cm³/mol. The summed E-state index contributed by atoms with van der Waals surface area (Å²) in [6, 6.07) is 2.29. The minimum atomic E-state index is -0.457. The molecule has 1 aromatic rings. The highest BCUT2D eigenvalue weighted by Crippen LogP contribution is 2.24. The summed E-state index contributed by atoms with van der Waals surface area (Å²) >= 11 is 6.15. The summed E-state index contributed by atoms with van der Waals surface area (Å²) in [4.78, 5) is 18.1. The highest BCUT2D eigenvalue weighted by atomic mass is 35.5. The first-order valence-electron chi connectivity index (χ1n) is 8.11. The van der Waals surface area contributed by atoms with Crippen molar-refractivity contribution >= 4 is 23.4 Å². The Kier molecular flexibility index (Phi) is 5.74. The maximum atomic E-state index is 12.2. The SMILES string of the molecule is Cc1cnc(Cl)c(NC2CCCN(C(=O)OC(C)(C)C)CC2)c1. The first-order chi connectivity index (χ1) is 10.7. The van der Waals surface area contributed by atoms with Crippen LogP contribution in [0, 0.1) is 6.92 Å². The molecule has 1 aliphatic heterocycles. The Morgan fingerprint density at radius 1 is 1.39 bits per heavy atom. The Morgan fingerprint density at radius 2 is 2.13 bits per heavy atom. The van der Waals surface area contributed by atoms with Crippen LogP contribution in [0.2, 0.25) is 5.15 Å². The van der Waals surface area contributed by atoms with Crippen LogP contribution in [-0.2, 0) is 4.74 Å². The summed E-state index contributed by atoms with van der Waals surface area (Å²) in [5, 5.41) is 3.95. The molecule has 0 aliphatic carbocycles. The van der Waals surface area contributed by atoms with Crippen molar-refractivity contribution in [1.29, 1.82) is 0 Å². The molecule has 1 aliphatic rings. The van der Waals surface area contributed by atoms with Gasteiger partial charge in [0.1, 0.15) is 5.60 Å². The molecule has 1 N–H and O–H groups in total. The van der Waals surface area contributed by atoms with Gasteiger partial charge >= 0.3 is 6.09 Å². The van der Waals surface area contributed by atoms with Gasteiger partial charge in [-0.2, -0.15) is 0 Å². The number of rotatable bonds is 2. The van der Waals surface area contributed by atoms with Gasteiger partial charge in [0.25, 0.3) is 0 Å². The van der Waals surface area contributed by atoms with Crippen LogP contribution in [0.15, 0.2) is 12.3 Å². The normalized spacial score (nSPS) is 19.2. The Morgan fingerprint density at radius 3 is 2.83 bits per heavy atom. The molecule has 1 atom stereocenters. The molecule has 2 rings (SSSR count). The molecule has 0 saturated carbocycles. The van der Waals surface area contributed by atoms with E-state index in [1.165, 1.54) is 0 Å². The molecule has 0 aromatic carbocycles. The first kappa shape index (κ1) is 17.9. The zero-order valence-corrected chi connectivity index (χ0v) is 15.1. The van der Waals surface area contributed by atoms with E-state index in [9.17, 15) is 4.79 Å². The molecule has 0 spiro atoms. The van der Waals surface area contributed by atoms with Gasteiger partial charge in [-0.3, -0.25) is 0 Å². The van der Waals surface area contributed by atoms with Gasteiger partial charge in [-0.05, 0) is 58.6 Å². The summed E-state index contributed by atoms with van der Waals surface area (Å²) < 4.78 is 5.46. The zero-order chi connectivity index (χ0) is 17.0. The van der Waals surface area contributed by atoms with Crippen LogP contribution < -0.4 is 5.32 Å². The summed E-state index contributed by atoms with van der Waals surface area (Å²) in [5.41, 5.74) is 1.48. The quantitative estimate of drug-likeness (QED) is 0.818. The minimum absolute atomic E-state index is 0.228. The third-order valence-corrected chi connectivity index (χ3v) is 4.02. The summed E-state index contributed by atoms with van der Waals surface area (Å²) in [6.45, 7) is 9.07. The number of nitrogens with zero attached hydrogens (tertiary/aromatic N) is 2. The average molecular weight is 340 g/mol. The fourth-order valence-electron chi connectivity index (χ4n) is 2.62. The van der Waals surface area contributed by atoms with E-state index in [1.807, 2.05) is 33.8 Å². The van der Waals surface area contributed by atoms with Gasteiger partial charge in [-0.15, -0.1) is 0 Å². The van der Waals surface area contributed by atoms with E-state index in [1.54, 1.807) is 11.1 Å². The molecular weight excluding hydrogens is 314 g/mol. The van der Waals surface area contributed by atoms with Gasteiger partial charge in [0.05, 0.1) is 5.69 Å². The number of hydrogen-bond acceptors (Lipinski definition) is 4. The second kappa shape index (κ2) is 7.39. The lowest BCUT2D eigenvalue weighted by Gasteiger charge is -2.26. The number of anilines is 1. The van der Waals surface area contributed by atoms with Crippen molar-refractivity contribution in [3.8, 4) is 0 Å². The van der Waals surface area contributed by atoms with Gasteiger partial charge in [-0.1, -0.05) is 11.6 Å². The largest absolute Gasteiger partial charge is 0.444 e. The number of halogens is 1. The maximum Gasteiger partial charge on any atom is 0.410 e. The van der Waals surface area contributed by atoms with Crippen molar-refractivity contribution in [2.45, 2.75) is 58.6 Å². The average Bonchev–Trinajstić information content (AvgIpc) is 2.67. The maximum absolute atomic E-state index is 12.2. The van der Waals surface area contributed by atoms with Crippen LogP contribution in [-0.4, -0.2) is 40.7 Å². The molecule has 6 heteroatoms. The number of ether oxygens (including phenoxy) is 1. The van der Waals surface area contributed by atoms with Crippen LogP contribution in [0.25, 0.3) is 0 Å². The van der Waals surface area contributed by atoms with Crippen molar-refractivity contribution in [2.75, 3.05) is 18.4 Å². The fourth-order valence-corrected chi connectivity index (χ4v) is 2.78. The minimum Gasteiger partial charge on any atom is -0.444 e. The molecule has 23 heavy (non-hydrogen) atoms. The molecule has 1 saturated heterocycles. The van der Waals surface area contributed by atoms with Gasteiger partial charge < -0.3 is 15.0 Å². The van der Waals surface area contributed by atoms with Gasteiger partial charge in [0.15, 0.2) is 5.15 Å². The number of nitrogens with one attached hydrogen (secondary N) is 1. The van der Waals surface area contributed by atoms with Crippen LogP contribution in [0.4, 0.5) is 10.5 Å². The fraction of sp³-hybridized carbons (Fsp3) is 0.647. The number of likely N-dealkylation sites (tertiary alicyclic amines) is 1. The standard InChI is InChI=1S/C17H26ClN3O2/c1-12-10-14(15(18)19-11-12)20-13-6-5-8-21(9-7-13)16(22)23-17(2,3)4/h10-11,13,20H,5-9H2,1-4H3. The Labute approximate surface area is 143 Å². The van der Waals surface area contributed by atoms with E-state index in [-0.39, 0.29) is 12.1 Å². The lowest BCUT2D eigenvalue weighted by molar-refractivity contribution is 0.0256. The van der Waals surface area contributed by atoms with E-state index >= 15 is 0 Å². The van der Waals surface area contributed by atoms with Gasteiger partial charge in [-0.25, -0.2) is 9.78 Å². The third kappa shape index (κ3) is 5.57. The van der Waals surface area contributed by atoms with Crippen molar-refractivity contribution in [2.24, 2.45) is 0 Å². The van der Waals surface area contributed by atoms with Gasteiger partial charge in [0.2, 0.25) is 0 Å². The van der Waals surface area contributed by atoms with Crippen LogP contribution in [0.3, 0.4) is 0 Å². The van der Waals surface area contributed by atoms with E-state index < -0.39 is 5.60 Å². The van der Waals surface area contributed by atoms with E-state index in [4.69, 9.17) is 16.3 Å². The topological polar surface area (TPSA) is 54.5 Å². The number of carbonyl (C=O) groups is 1. The molecule has 128 valence electrons. The first-order valence-corrected chi connectivity index (χ1v) is 8.49. The molecule has 2 heterocycles. The monoisotopic (exact) mass is 339 g/mol. The molecule has 5 nitrogen and oxygen atoms in total. The van der Waals surface area contributed by atoms with Crippen LogP contribution >= 0.6 is 11.6 Å². The second-order valence-electron chi connectivity index (χ2n) is 7.09. The van der Waals surface area contributed by atoms with E-state index in [2.05, 4.69) is 10.3 Å². The number of amides is 1. The number of aryl methyl sites for hydroxylation is 1. The van der Waals surface area contributed by atoms with Crippen molar-refractivity contribution in [1.82, 2.24) is 9.88 Å². The smallest absolute Gasteiger partial charge is 0.410 e. The van der Waals surface area contributed by atoms with Gasteiger partial charge in [0, 0.05) is 25.3 Å². The highest BCUT2D eigenvalue weighted by Gasteiger charge is 2.25. The Hall–Kier alpha value is -1.49. The molecule has 1 aromatic heterocycles. The van der Waals surface area contributed by atoms with E-state index in [0.29, 0.717) is 11.7 Å². The summed E-state index contributed by atoms with van der Waals surface area (Å²) in [7, 11) is 0. The molecule has 1 fully saturated rings. The molecule has 0 bridgehead atoms. The summed E-state index contributed by atoms with van der Waals surface area (Å²) in [5.74, 6) is 0. The predicted octanol–water partition coefficient (Wildman–Crippen LogP) is 4.24. The number of pyridine rings is 1. The molecule has 0 radical (unpaired) electrons. The molecular formula is C17H26ClN3O2. The lowest BCUT2D eigenvalue weighted by Crippen LogP contribution is -2.37. The number of carbonyl (C=O) groups excluding carboxylic acids is 1. The third-order valence-electron chi connectivity index (χ3n) is 3.72. The second-order valence-corrected chi connectivity index (χ2v) is 7.45. The highest BCUT2D eigenvalue weighted by molar-refractivity contribution is 6.31.